The molecule has 3 nitrogen and oxygen atoms in total. The van der Waals surface area contributed by atoms with Gasteiger partial charge in [0, 0.05) is 20.1 Å². The van der Waals surface area contributed by atoms with Gasteiger partial charge in [-0.1, -0.05) is 42.5 Å². The van der Waals surface area contributed by atoms with Crippen LogP contribution in [-0.4, -0.2) is 26.1 Å². The van der Waals surface area contributed by atoms with Crippen LogP contribution in [0.5, 0.6) is 0 Å². The number of hydrogen-bond donors (Lipinski definition) is 2. The minimum Gasteiger partial charge on any atom is -0.356 e. The van der Waals surface area contributed by atoms with Crippen molar-refractivity contribution in [3.63, 3.8) is 0 Å². The molecule has 0 aliphatic carbocycles. The van der Waals surface area contributed by atoms with Gasteiger partial charge in [0.1, 0.15) is 5.82 Å². The topological polar surface area (TPSA) is 36.4 Å². The first-order valence-corrected chi connectivity index (χ1v) is 7.51. The molecule has 5 heteroatoms. The predicted octanol–water partition coefficient (Wildman–Crippen LogP) is 3.39. The van der Waals surface area contributed by atoms with Crippen LogP contribution in [0.4, 0.5) is 4.39 Å². The van der Waals surface area contributed by atoms with Gasteiger partial charge in [-0.05, 0) is 36.1 Å². The van der Waals surface area contributed by atoms with Crippen molar-refractivity contribution in [2.24, 2.45) is 4.99 Å². The van der Waals surface area contributed by atoms with Crippen LogP contribution in [0.15, 0.2) is 59.6 Å². The highest BCUT2D eigenvalue weighted by Gasteiger charge is 1.99. The minimum absolute atomic E-state index is 0. The molecule has 2 N–H and O–H groups in total. The number of aliphatic imine (C=N–C) groups is 1. The molecule has 0 aromatic heterocycles. The largest absolute Gasteiger partial charge is 0.356 e. The minimum atomic E-state index is -0.192. The summed E-state index contributed by atoms with van der Waals surface area (Å²) in [6, 6.07) is 17.0. The second-order valence-corrected chi connectivity index (χ2v) is 5.04. The molecule has 0 amide bonds. The van der Waals surface area contributed by atoms with Crippen molar-refractivity contribution in [1.82, 2.24) is 10.6 Å². The summed E-state index contributed by atoms with van der Waals surface area (Å²) in [7, 11) is 1.75. The molecule has 0 aliphatic rings. The molecule has 2 aromatic carbocycles. The normalized spacial score (nSPS) is 10.8. The van der Waals surface area contributed by atoms with E-state index >= 15 is 0 Å². The summed E-state index contributed by atoms with van der Waals surface area (Å²) < 4.78 is 13.1. The SMILES string of the molecule is CN=C(NCCc1ccccc1)NCCc1cccc(F)c1.I. The molecular formula is C18H23FIN3. The third kappa shape index (κ3) is 7.45. The van der Waals surface area contributed by atoms with Gasteiger partial charge in [-0.3, -0.25) is 4.99 Å². The van der Waals surface area contributed by atoms with Gasteiger partial charge in [-0.25, -0.2) is 4.39 Å². The summed E-state index contributed by atoms with van der Waals surface area (Å²) in [5.41, 5.74) is 2.28. The molecule has 124 valence electrons. The summed E-state index contributed by atoms with van der Waals surface area (Å²) in [5.74, 6) is 0.579. The average molecular weight is 427 g/mol. The third-order valence-electron chi connectivity index (χ3n) is 3.37. The molecule has 0 unspecified atom stereocenters. The van der Waals surface area contributed by atoms with Crippen LogP contribution in [0.1, 0.15) is 11.1 Å². The summed E-state index contributed by atoms with van der Waals surface area (Å²) in [6.45, 7) is 1.54. The van der Waals surface area contributed by atoms with E-state index in [0.717, 1.165) is 30.9 Å². The van der Waals surface area contributed by atoms with E-state index in [2.05, 4.69) is 27.8 Å². The number of nitrogens with one attached hydrogen (secondary N) is 2. The lowest BCUT2D eigenvalue weighted by molar-refractivity contribution is 0.625. The zero-order chi connectivity index (χ0) is 15.6. The summed E-state index contributed by atoms with van der Waals surface area (Å²) >= 11 is 0. The lowest BCUT2D eigenvalue weighted by atomic mass is 10.1. The van der Waals surface area contributed by atoms with Crippen molar-refractivity contribution >= 4 is 29.9 Å². The number of hydrogen-bond acceptors (Lipinski definition) is 1. The van der Waals surface area contributed by atoms with E-state index in [9.17, 15) is 4.39 Å². The predicted molar refractivity (Wildman–Crippen MR) is 105 cm³/mol. The first-order valence-electron chi connectivity index (χ1n) is 7.51. The molecule has 0 fully saturated rings. The maximum absolute atomic E-state index is 13.1. The van der Waals surface area contributed by atoms with Crippen LogP contribution < -0.4 is 10.6 Å². The van der Waals surface area contributed by atoms with Crippen LogP contribution in [0.2, 0.25) is 0 Å². The van der Waals surface area contributed by atoms with E-state index in [0.29, 0.717) is 6.54 Å². The van der Waals surface area contributed by atoms with Crippen molar-refractivity contribution in [3.05, 3.63) is 71.5 Å². The van der Waals surface area contributed by atoms with Crippen LogP contribution in [0.3, 0.4) is 0 Å². The number of rotatable bonds is 6. The Hall–Kier alpha value is -1.63. The molecule has 0 spiro atoms. The maximum atomic E-state index is 13.1. The van der Waals surface area contributed by atoms with E-state index in [1.165, 1.54) is 11.6 Å². The highest BCUT2D eigenvalue weighted by atomic mass is 127. The zero-order valence-corrected chi connectivity index (χ0v) is 15.6. The maximum Gasteiger partial charge on any atom is 0.190 e. The fourth-order valence-electron chi connectivity index (χ4n) is 2.21. The van der Waals surface area contributed by atoms with Crippen molar-refractivity contribution in [1.29, 1.82) is 0 Å². The highest BCUT2D eigenvalue weighted by Crippen LogP contribution is 2.03. The van der Waals surface area contributed by atoms with E-state index < -0.39 is 0 Å². The quantitative estimate of drug-likeness (QED) is 0.421. The molecule has 2 rings (SSSR count). The Kier molecular flexibility index (Phi) is 9.28. The number of benzene rings is 2. The van der Waals surface area contributed by atoms with Gasteiger partial charge in [0.2, 0.25) is 0 Å². The Balaban J connectivity index is 0.00000264. The molecule has 0 heterocycles. The van der Waals surface area contributed by atoms with Gasteiger partial charge in [0.15, 0.2) is 5.96 Å². The van der Waals surface area contributed by atoms with Gasteiger partial charge in [0.25, 0.3) is 0 Å². The smallest absolute Gasteiger partial charge is 0.190 e. The van der Waals surface area contributed by atoms with E-state index in [1.807, 2.05) is 24.3 Å². The van der Waals surface area contributed by atoms with Crippen molar-refractivity contribution < 1.29 is 4.39 Å². The first kappa shape index (κ1) is 19.4. The molecule has 0 saturated carbocycles. The fourth-order valence-corrected chi connectivity index (χ4v) is 2.21. The molecule has 0 aliphatic heterocycles. The summed E-state index contributed by atoms with van der Waals surface area (Å²) in [4.78, 5) is 4.19. The lowest BCUT2D eigenvalue weighted by Crippen LogP contribution is -2.39. The van der Waals surface area contributed by atoms with Crippen molar-refractivity contribution in [2.75, 3.05) is 20.1 Å². The van der Waals surface area contributed by atoms with Crippen LogP contribution in [-0.2, 0) is 12.8 Å². The molecular weight excluding hydrogens is 404 g/mol. The molecule has 0 radical (unpaired) electrons. The van der Waals surface area contributed by atoms with Crippen LogP contribution in [0.25, 0.3) is 0 Å². The van der Waals surface area contributed by atoms with Gasteiger partial charge in [0.05, 0.1) is 0 Å². The zero-order valence-electron chi connectivity index (χ0n) is 13.3. The van der Waals surface area contributed by atoms with Gasteiger partial charge in [-0.15, -0.1) is 24.0 Å². The number of guanidine groups is 1. The van der Waals surface area contributed by atoms with Gasteiger partial charge in [-0.2, -0.15) is 0 Å². The van der Waals surface area contributed by atoms with Crippen LogP contribution in [0, 0.1) is 5.82 Å². The Morgan fingerprint density at radius 3 is 2.13 bits per heavy atom. The summed E-state index contributed by atoms with van der Waals surface area (Å²) in [5, 5.41) is 6.52. The molecule has 0 saturated heterocycles. The van der Waals surface area contributed by atoms with Crippen molar-refractivity contribution in [2.45, 2.75) is 12.8 Å². The number of halogens is 2. The second kappa shape index (κ2) is 11.0. The average Bonchev–Trinajstić information content (AvgIpc) is 2.54. The second-order valence-electron chi connectivity index (χ2n) is 5.04. The van der Waals surface area contributed by atoms with Crippen LogP contribution >= 0.6 is 24.0 Å². The first-order chi connectivity index (χ1) is 10.8. The van der Waals surface area contributed by atoms with E-state index in [-0.39, 0.29) is 29.8 Å². The van der Waals surface area contributed by atoms with Crippen molar-refractivity contribution in [3.8, 4) is 0 Å². The third-order valence-corrected chi connectivity index (χ3v) is 3.37. The fraction of sp³-hybridized carbons (Fsp3) is 0.278. The Labute approximate surface area is 154 Å². The van der Waals surface area contributed by atoms with E-state index in [4.69, 9.17) is 0 Å². The molecule has 2 aromatic rings. The van der Waals surface area contributed by atoms with Gasteiger partial charge < -0.3 is 10.6 Å². The Morgan fingerprint density at radius 1 is 0.913 bits per heavy atom. The Bertz CT molecular complexity index is 602. The Morgan fingerprint density at radius 2 is 1.52 bits per heavy atom. The molecule has 0 atom stereocenters. The van der Waals surface area contributed by atoms with Gasteiger partial charge >= 0.3 is 0 Å². The summed E-state index contributed by atoms with van der Waals surface area (Å²) in [6.07, 6.45) is 1.71. The lowest BCUT2D eigenvalue weighted by Gasteiger charge is -2.12. The standard InChI is InChI=1S/C18H22FN3.HI/c1-20-18(21-12-10-15-6-3-2-4-7-15)22-13-11-16-8-5-9-17(19)14-16;/h2-9,14H,10-13H2,1H3,(H2,20,21,22);1H. The number of nitrogens with zero attached hydrogens (tertiary/aromatic N) is 1. The highest BCUT2D eigenvalue weighted by molar-refractivity contribution is 14.0. The molecule has 23 heavy (non-hydrogen) atoms. The van der Waals surface area contributed by atoms with E-state index in [1.54, 1.807) is 19.2 Å². The molecule has 0 bridgehead atoms. The monoisotopic (exact) mass is 427 g/mol.